The lowest BCUT2D eigenvalue weighted by Crippen LogP contribution is -2.40. The monoisotopic (exact) mass is 308 g/mol. The number of carbonyl (C=O) groups is 2. The fourth-order valence-electron chi connectivity index (χ4n) is 3.16. The van der Waals surface area contributed by atoms with Gasteiger partial charge < -0.3 is 14.9 Å². The summed E-state index contributed by atoms with van der Waals surface area (Å²) >= 11 is 0. The van der Waals surface area contributed by atoms with E-state index in [1.54, 1.807) is 0 Å². The molecule has 0 radical (unpaired) electrons. The first-order chi connectivity index (χ1) is 10.4. The van der Waals surface area contributed by atoms with E-state index in [0.717, 1.165) is 29.9 Å². The topological polar surface area (TPSA) is 92.4 Å². The molecule has 1 aliphatic rings. The number of nitrogens with zero attached hydrogens (tertiary/aromatic N) is 1. The van der Waals surface area contributed by atoms with Gasteiger partial charge in [-0.15, -0.1) is 0 Å². The fourth-order valence-corrected chi connectivity index (χ4v) is 3.16. The van der Waals surface area contributed by atoms with Crippen molar-refractivity contribution in [3.63, 3.8) is 0 Å². The van der Waals surface area contributed by atoms with Crippen molar-refractivity contribution in [1.29, 1.82) is 0 Å². The van der Waals surface area contributed by atoms with Crippen LogP contribution in [-0.4, -0.2) is 28.2 Å². The van der Waals surface area contributed by atoms with Crippen molar-refractivity contribution >= 4 is 11.9 Å². The molecule has 3 unspecified atom stereocenters. The zero-order valence-electron chi connectivity index (χ0n) is 13.4. The number of amides is 1. The molecule has 2 N–H and O–H groups in total. The maximum absolute atomic E-state index is 12.3. The predicted octanol–water partition coefficient (Wildman–Crippen LogP) is 2.23. The van der Waals surface area contributed by atoms with Gasteiger partial charge in [0.05, 0.1) is 11.6 Å². The van der Waals surface area contributed by atoms with E-state index in [1.165, 1.54) is 0 Å². The first-order valence-electron chi connectivity index (χ1n) is 7.83. The van der Waals surface area contributed by atoms with Gasteiger partial charge in [-0.3, -0.25) is 9.59 Å². The van der Waals surface area contributed by atoms with Crippen LogP contribution in [0.15, 0.2) is 4.52 Å². The van der Waals surface area contributed by atoms with Crippen LogP contribution in [-0.2, 0) is 16.0 Å². The van der Waals surface area contributed by atoms with E-state index in [9.17, 15) is 9.59 Å². The van der Waals surface area contributed by atoms with Gasteiger partial charge in [-0.25, -0.2) is 0 Å². The third kappa shape index (κ3) is 3.87. The minimum absolute atomic E-state index is 0.0329. The summed E-state index contributed by atoms with van der Waals surface area (Å²) in [7, 11) is 0. The number of nitrogens with one attached hydrogen (secondary N) is 1. The zero-order chi connectivity index (χ0) is 16.3. The smallest absolute Gasteiger partial charge is 0.306 e. The molecule has 0 spiro atoms. The van der Waals surface area contributed by atoms with E-state index in [2.05, 4.69) is 10.5 Å². The molecule has 0 aliphatic heterocycles. The maximum Gasteiger partial charge on any atom is 0.306 e. The predicted molar refractivity (Wildman–Crippen MR) is 80.4 cm³/mol. The molecule has 1 aromatic heterocycles. The third-order valence-corrected chi connectivity index (χ3v) is 4.47. The van der Waals surface area contributed by atoms with Gasteiger partial charge in [0.1, 0.15) is 5.76 Å². The molecule has 6 heteroatoms. The van der Waals surface area contributed by atoms with E-state index in [-0.39, 0.29) is 23.8 Å². The Morgan fingerprint density at radius 3 is 2.64 bits per heavy atom. The maximum atomic E-state index is 12.3. The second-order valence-electron chi connectivity index (χ2n) is 6.32. The summed E-state index contributed by atoms with van der Waals surface area (Å²) in [6.07, 6.45) is 3.36. The quantitative estimate of drug-likeness (QED) is 0.870. The number of carbonyl (C=O) groups excluding carboxylic acids is 1. The molecule has 2 rings (SSSR count). The molecule has 1 heterocycles. The Bertz CT molecular complexity index is 533. The number of hydrogen-bond donors (Lipinski definition) is 2. The number of aliphatic carboxylic acids is 1. The summed E-state index contributed by atoms with van der Waals surface area (Å²) in [6.45, 7) is 5.70. The third-order valence-electron chi connectivity index (χ3n) is 4.47. The highest BCUT2D eigenvalue weighted by molar-refractivity contribution is 5.80. The highest BCUT2D eigenvalue weighted by atomic mass is 16.5. The van der Waals surface area contributed by atoms with Crippen molar-refractivity contribution in [2.24, 2.45) is 11.8 Å². The molecule has 22 heavy (non-hydrogen) atoms. The lowest BCUT2D eigenvalue weighted by Gasteiger charge is -2.27. The van der Waals surface area contributed by atoms with Gasteiger partial charge in [0, 0.05) is 17.5 Å². The van der Waals surface area contributed by atoms with Crippen molar-refractivity contribution in [2.45, 2.75) is 58.9 Å². The molecule has 0 aromatic carbocycles. The van der Waals surface area contributed by atoms with Gasteiger partial charge >= 0.3 is 5.97 Å². The Morgan fingerprint density at radius 1 is 1.36 bits per heavy atom. The highest BCUT2D eigenvalue weighted by Crippen LogP contribution is 2.29. The van der Waals surface area contributed by atoms with E-state index in [1.807, 2.05) is 20.8 Å². The van der Waals surface area contributed by atoms with Crippen LogP contribution < -0.4 is 5.32 Å². The summed E-state index contributed by atoms with van der Waals surface area (Å²) in [5.74, 6) is -0.627. The number of carboxylic acid groups (broad SMARTS) is 1. The molecule has 3 atom stereocenters. The van der Waals surface area contributed by atoms with E-state index < -0.39 is 5.97 Å². The average Bonchev–Trinajstić information content (AvgIpc) is 2.79. The number of aromatic nitrogens is 1. The normalized spacial score (nSPS) is 23.0. The van der Waals surface area contributed by atoms with E-state index in [0.29, 0.717) is 19.3 Å². The van der Waals surface area contributed by atoms with Crippen LogP contribution in [0.1, 0.15) is 49.6 Å². The molecule has 1 saturated carbocycles. The second kappa shape index (κ2) is 6.94. The Hall–Kier alpha value is -1.85. The summed E-state index contributed by atoms with van der Waals surface area (Å²) in [5, 5.41) is 16.0. The largest absolute Gasteiger partial charge is 0.481 e. The fraction of sp³-hybridized carbons (Fsp3) is 0.688. The minimum Gasteiger partial charge on any atom is -0.481 e. The molecular weight excluding hydrogens is 284 g/mol. The minimum atomic E-state index is -0.790. The van der Waals surface area contributed by atoms with E-state index >= 15 is 0 Å². The van der Waals surface area contributed by atoms with Crippen molar-refractivity contribution in [1.82, 2.24) is 10.5 Å². The zero-order valence-corrected chi connectivity index (χ0v) is 13.4. The summed E-state index contributed by atoms with van der Waals surface area (Å²) in [5.41, 5.74) is 1.88. The van der Waals surface area contributed by atoms with Gasteiger partial charge in [-0.2, -0.15) is 0 Å². The molecule has 0 bridgehead atoms. The van der Waals surface area contributed by atoms with Crippen LogP contribution in [0.4, 0.5) is 0 Å². The van der Waals surface area contributed by atoms with Gasteiger partial charge in [0.2, 0.25) is 5.91 Å². The molecule has 1 fully saturated rings. The van der Waals surface area contributed by atoms with Gasteiger partial charge in [0.15, 0.2) is 0 Å². The SMILES string of the molecule is Cc1noc(C)c1CC(C)NC(=O)C1CCCC(C(=O)O)C1. The number of hydrogen-bond acceptors (Lipinski definition) is 4. The molecule has 0 saturated heterocycles. The van der Waals surface area contributed by atoms with Gasteiger partial charge in [0.25, 0.3) is 0 Å². The molecule has 1 aromatic rings. The van der Waals surface area contributed by atoms with Crippen molar-refractivity contribution in [3.05, 3.63) is 17.0 Å². The second-order valence-corrected chi connectivity index (χ2v) is 6.32. The van der Waals surface area contributed by atoms with Crippen LogP contribution in [0.5, 0.6) is 0 Å². The van der Waals surface area contributed by atoms with Crippen LogP contribution in [0.2, 0.25) is 0 Å². The van der Waals surface area contributed by atoms with Crippen LogP contribution in [0.25, 0.3) is 0 Å². The Labute approximate surface area is 130 Å². The number of carboxylic acids is 1. The average molecular weight is 308 g/mol. The van der Waals surface area contributed by atoms with Crippen molar-refractivity contribution in [2.75, 3.05) is 0 Å². The van der Waals surface area contributed by atoms with Crippen LogP contribution in [0.3, 0.4) is 0 Å². The summed E-state index contributed by atoms with van der Waals surface area (Å²) < 4.78 is 5.13. The van der Waals surface area contributed by atoms with E-state index in [4.69, 9.17) is 9.63 Å². The van der Waals surface area contributed by atoms with Gasteiger partial charge in [-0.1, -0.05) is 11.6 Å². The standard InChI is InChI=1S/C16H24N2O4/c1-9(7-14-10(2)18-22-11(14)3)17-15(19)12-5-4-6-13(8-12)16(20)21/h9,12-13H,4-8H2,1-3H3,(H,17,19)(H,20,21). The first kappa shape index (κ1) is 16.5. The molecule has 122 valence electrons. The lowest BCUT2D eigenvalue weighted by molar-refractivity contribution is -0.144. The Balaban J connectivity index is 1.89. The number of rotatable bonds is 5. The molecule has 6 nitrogen and oxygen atoms in total. The molecule has 1 aliphatic carbocycles. The first-order valence-corrected chi connectivity index (χ1v) is 7.83. The van der Waals surface area contributed by atoms with Crippen LogP contribution >= 0.6 is 0 Å². The number of aryl methyl sites for hydroxylation is 2. The van der Waals surface area contributed by atoms with Gasteiger partial charge in [-0.05, 0) is 46.5 Å². The van der Waals surface area contributed by atoms with Crippen LogP contribution in [0, 0.1) is 25.7 Å². The summed E-state index contributed by atoms with van der Waals surface area (Å²) in [6, 6.07) is -0.0329. The molecule has 1 amide bonds. The lowest BCUT2D eigenvalue weighted by atomic mass is 9.81. The summed E-state index contributed by atoms with van der Waals surface area (Å²) in [4.78, 5) is 23.4. The Kier molecular flexibility index (Phi) is 5.21. The highest BCUT2D eigenvalue weighted by Gasteiger charge is 2.31. The van der Waals surface area contributed by atoms with Crippen molar-refractivity contribution in [3.8, 4) is 0 Å². The van der Waals surface area contributed by atoms with Crippen molar-refractivity contribution < 1.29 is 19.2 Å². The Morgan fingerprint density at radius 2 is 2.05 bits per heavy atom. The molecular formula is C16H24N2O4.